The molecule has 0 aromatic heterocycles. The zero-order valence-electron chi connectivity index (χ0n) is 10.0. The maximum atomic E-state index is 11.4. The molecule has 1 heterocycles. The Labute approximate surface area is 105 Å². The molecule has 0 spiro atoms. The number of amides is 1. The Morgan fingerprint density at radius 3 is 2.00 bits per heavy atom. The largest absolute Gasteiger partial charge is 0.457 e. The molecule has 0 saturated carbocycles. The minimum atomic E-state index is -0.136. The van der Waals surface area contributed by atoms with E-state index >= 15 is 0 Å². The zero-order valence-corrected chi connectivity index (χ0v) is 10.0. The lowest BCUT2D eigenvalue weighted by atomic mass is 9.94. The fourth-order valence-corrected chi connectivity index (χ4v) is 2.27. The quantitative estimate of drug-likeness (QED) is 0.830. The summed E-state index contributed by atoms with van der Waals surface area (Å²) in [6.07, 6.45) is 0. The lowest BCUT2D eigenvalue weighted by Crippen LogP contribution is -2.29. The first-order valence-electron chi connectivity index (χ1n) is 5.88. The Hall–Kier alpha value is -2.29. The maximum Gasteiger partial charge on any atom is 0.217 e. The van der Waals surface area contributed by atoms with Gasteiger partial charge in [-0.25, -0.2) is 0 Å². The highest BCUT2D eigenvalue weighted by molar-refractivity contribution is 5.75. The van der Waals surface area contributed by atoms with Gasteiger partial charge in [0.1, 0.15) is 11.5 Å². The van der Waals surface area contributed by atoms with Gasteiger partial charge in [-0.15, -0.1) is 0 Å². The van der Waals surface area contributed by atoms with Gasteiger partial charge in [0, 0.05) is 18.1 Å². The second-order valence-electron chi connectivity index (χ2n) is 4.31. The summed E-state index contributed by atoms with van der Waals surface area (Å²) in [4.78, 5) is 11.4. The smallest absolute Gasteiger partial charge is 0.217 e. The highest BCUT2D eigenvalue weighted by Crippen LogP contribution is 2.42. The summed E-state index contributed by atoms with van der Waals surface area (Å²) < 4.78 is 5.84. The fraction of sp³-hybridized carbons (Fsp3) is 0.133. The van der Waals surface area contributed by atoms with Gasteiger partial charge in [-0.05, 0) is 12.1 Å². The van der Waals surface area contributed by atoms with Crippen LogP contribution in [0.2, 0.25) is 0 Å². The van der Waals surface area contributed by atoms with Crippen molar-refractivity contribution >= 4 is 5.91 Å². The molecule has 0 fully saturated rings. The number of hydrogen-bond acceptors (Lipinski definition) is 2. The van der Waals surface area contributed by atoms with Crippen molar-refractivity contribution in [3.8, 4) is 11.5 Å². The first-order valence-corrected chi connectivity index (χ1v) is 5.88. The van der Waals surface area contributed by atoms with Crippen molar-refractivity contribution in [2.24, 2.45) is 0 Å². The van der Waals surface area contributed by atoms with Crippen LogP contribution in [0, 0.1) is 0 Å². The molecule has 3 heteroatoms. The van der Waals surface area contributed by atoms with Crippen LogP contribution in [0.3, 0.4) is 0 Å². The molecule has 0 aliphatic carbocycles. The molecular formula is C15H13NO2. The van der Waals surface area contributed by atoms with Crippen LogP contribution in [-0.2, 0) is 4.79 Å². The first kappa shape index (κ1) is 10.8. The van der Waals surface area contributed by atoms with Gasteiger partial charge < -0.3 is 10.1 Å². The number of rotatable bonds is 1. The van der Waals surface area contributed by atoms with Crippen molar-refractivity contribution in [1.82, 2.24) is 5.32 Å². The van der Waals surface area contributed by atoms with Gasteiger partial charge in [0.15, 0.2) is 0 Å². The second-order valence-corrected chi connectivity index (χ2v) is 4.31. The molecule has 0 radical (unpaired) electrons. The summed E-state index contributed by atoms with van der Waals surface area (Å²) in [6.45, 7) is 1.53. The number of carbonyl (C=O) groups excluding carboxylic acids is 1. The van der Waals surface area contributed by atoms with Gasteiger partial charge in [0.2, 0.25) is 5.91 Å². The van der Waals surface area contributed by atoms with Gasteiger partial charge in [-0.2, -0.15) is 0 Å². The molecule has 90 valence electrons. The van der Waals surface area contributed by atoms with Crippen LogP contribution >= 0.6 is 0 Å². The van der Waals surface area contributed by atoms with Crippen molar-refractivity contribution in [3.05, 3.63) is 59.7 Å². The lowest BCUT2D eigenvalue weighted by Gasteiger charge is -2.28. The number of para-hydroxylation sites is 2. The molecule has 0 unspecified atom stereocenters. The monoisotopic (exact) mass is 239 g/mol. The predicted molar refractivity (Wildman–Crippen MR) is 68.6 cm³/mol. The summed E-state index contributed by atoms with van der Waals surface area (Å²) >= 11 is 0. The van der Waals surface area contributed by atoms with E-state index in [-0.39, 0.29) is 11.9 Å². The van der Waals surface area contributed by atoms with Gasteiger partial charge in [0.05, 0.1) is 6.04 Å². The second kappa shape index (κ2) is 4.18. The van der Waals surface area contributed by atoms with E-state index in [2.05, 4.69) is 5.32 Å². The minimum Gasteiger partial charge on any atom is -0.457 e. The van der Waals surface area contributed by atoms with Crippen molar-refractivity contribution in [2.45, 2.75) is 13.0 Å². The molecule has 3 nitrogen and oxygen atoms in total. The Balaban J connectivity index is 2.14. The highest BCUT2D eigenvalue weighted by atomic mass is 16.5. The van der Waals surface area contributed by atoms with Gasteiger partial charge in [-0.1, -0.05) is 36.4 Å². The van der Waals surface area contributed by atoms with Crippen LogP contribution < -0.4 is 10.1 Å². The van der Waals surface area contributed by atoms with Gasteiger partial charge >= 0.3 is 0 Å². The lowest BCUT2D eigenvalue weighted by molar-refractivity contribution is -0.119. The van der Waals surface area contributed by atoms with Crippen molar-refractivity contribution in [3.63, 3.8) is 0 Å². The maximum absolute atomic E-state index is 11.4. The number of ether oxygens (including phenoxy) is 1. The summed E-state index contributed by atoms with van der Waals surface area (Å²) in [7, 11) is 0. The van der Waals surface area contributed by atoms with Crippen LogP contribution in [0.25, 0.3) is 0 Å². The molecule has 0 saturated heterocycles. The Bertz CT molecular complexity index is 561. The van der Waals surface area contributed by atoms with Gasteiger partial charge in [-0.3, -0.25) is 4.79 Å². The summed E-state index contributed by atoms with van der Waals surface area (Å²) in [5, 5.41) is 2.98. The van der Waals surface area contributed by atoms with Crippen LogP contribution in [0.4, 0.5) is 0 Å². The Morgan fingerprint density at radius 2 is 1.50 bits per heavy atom. The van der Waals surface area contributed by atoms with Crippen LogP contribution in [0.15, 0.2) is 48.5 Å². The fourth-order valence-electron chi connectivity index (χ4n) is 2.27. The third kappa shape index (κ3) is 1.74. The van der Waals surface area contributed by atoms with Crippen molar-refractivity contribution < 1.29 is 9.53 Å². The normalized spacial score (nSPS) is 13.2. The molecule has 1 aliphatic rings. The third-order valence-electron chi connectivity index (χ3n) is 3.03. The number of benzene rings is 2. The van der Waals surface area contributed by atoms with E-state index < -0.39 is 0 Å². The zero-order chi connectivity index (χ0) is 12.5. The Morgan fingerprint density at radius 1 is 1.00 bits per heavy atom. The first-order chi connectivity index (χ1) is 8.75. The molecule has 3 rings (SSSR count). The molecule has 0 atom stereocenters. The standard InChI is InChI=1S/C15H13NO2/c1-10(17)16-15-11-6-2-4-8-13(11)18-14-9-5-3-7-12(14)15/h2-9,15H,1H3,(H,16,17). The number of nitrogens with one attached hydrogen (secondary N) is 1. The molecule has 2 aromatic carbocycles. The van der Waals surface area contributed by atoms with Crippen molar-refractivity contribution in [2.75, 3.05) is 0 Å². The number of hydrogen-bond donors (Lipinski definition) is 1. The van der Waals surface area contributed by atoms with E-state index in [0.717, 1.165) is 22.6 Å². The SMILES string of the molecule is CC(=O)NC1c2ccccc2Oc2ccccc21. The third-order valence-corrected chi connectivity index (χ3v) is 3.03. The van der Waals surface area contributed by atoms with E-state index in [4.69, 9.17) is 4.74 Å². The molecule has 1 aliphatic heterocycles. The van der Waals surface area contributed by atoms with Crippen LogP contribution in [0.1, 0.15) is 24.1 Å². The Kier molecular flexibility index (Phi) is 2.52. The molecule has 0 bridgehead atoms. The predicted octanol–water partition coefficient (Wildman–Crippen LogP) is 3.02. The molecule has 1 amide bonds. The van der Waals surface area contributed by atoms with E-state index in [0.29, 0.717) is 0 Å². The summed E-state index contributed by atoms with van der Waals surface area (Å²) in [6, 6.07) is 15.4. The average Bonchev–Trinajstić information content (AvgIpc) is 2.38. The molecule has 2 aromatic rings. The van der Waals surface area contributed by atoms with E-state index in [1.807, 2.05) is 48.5 Å². The van der Waals surface area contributed by atoms with E-state index in [9.17, 15) is 4.79 Å². The summed E-state index contributed by atoms with van der Waals surface area (Å²) in [5.74, 6) is 1.55. The molecule has 1 N–H and O–H groups in total. The van der Waals surface area contributed by atoms with E-state index in [1.54, 1.807) is 0 Å². The number of fused-ring (bicyclic) bond motifs is 2. The van der Waals surface area contributed by atoms with Crippen molar-refractivity contribution in [1.29, 1.82) is 0 Å². The number of carbonyl (C=O) groups is 1. The summed E-state index contributed by atoms with van der Waals surface area (Å²) in [5.41, 5.74) is 1.98. The topological polar surface area (TPSA) is 38.3 Å². The minimum absolute atomic E-state index is 0.0495. The van der Waals surface area contributed by atoms with Gasteiger partial charge in [0.25, 0.3) is 0 Å². The van der Waals surface area contributed by atoms with Crippen LogP contribution in [0.5, 0.6) is 11.5 Å². The molecular weight excluding hydrogens is 226 g/mol. The van der Waals surface area contributed by atoms with E-state index in [1.165, 1.54) is 6.92 Å². The highest BCUT2D eigenvalue weighted by Gasteiger charge is 2.26. The van der Waals surface area contributed by atoms with Crippen LogP contribution in [-0.4, -0.2) is 5.91 Å². The molecule has 18 heavy (non-hydrogen) atoms. The average molecular weight is 239 g/mol.